The van der Waals surface area contributed by atoms with Gasteiger partial charge in [-0.1, -0.05) is 18.2 Å². The zero-order valence-corrected chi connectivity index (χ0v) is 12.4. The number of piperazine rings is 1. The number of carbonyl (C=O) groups excluding carboxylic acids is 1. The number of nitrogens with zero attached hydrogens (tertiary/aromatic N) is 2. The summed E-state index contributed by atoms with van der Waals surface area (Å²) in [7, 11) is 0. The molecule has 20 heavy (non-hydrogen) atoms. The quantitative estimate of drug-likeness (QED) is 0.859. The molecule has 0 aromatic heterocycles. The predicted octanol–water partition coefficient (Wildman–Crippen LogP) is 2.64. The Bertz CT molecular complexity index is 490. The molecule has 0 spiro atoms. The number of anilines is 1. The lowest BCUT2D eigenvalue weighted by Crippen LogP contribution is -2.49. The molecule has 1 aliphatic rings. The van der Waals surface area contributed by atoms with Gasteiger partial charge in [0.05, 0.1) is 0 Å². The molecule has 1 heterocycles. The molecule has 1 aromatic rings. The number of benzene rings is 1. The standard InChI is InChI=1S/C16H23N3O/c1-4-7-18-8-10-19(11-9-18)16(20)17-15-12-13(2)5-6-14(15)3/h4-6,12H,1,7-11H2,2-3H3,(H,17,20). The van der Waals surface area contributed by atoms with E-state index in [1.54, 1.807) is 0 Å². The van der Waals surface area contributed by atoms with Crippen molar-refractivity contribution < 1.29 is 4.79 Å². The second-order valence-corrected chi connectivity index (χ2v) is 5.32. The fraction of sp³-hybridized carbons (Fsp3) is 0.438. The molecule has 0 radical (unpaired) electrons. The molecule has 0 aliphatic carbocycles. The largest absolute Gasteiger partial charge is 0.322 e. The van der Waals surface area contributed by atoms with Gasteiger partial charge < -0.3 is 10.2 Å². The minimum Gasteiger partial charge on any atom is -0.322 e. The Morgan fingerprint density at radius 2 is 2.00 bits per heavy atom. The Kier molecular flexibility index (Phi) is 4.79. The fourth-order valence-electron chi connectivity index (χ4n) is 2.38. The summed E-state index contributed by atoms with van der Waals surface area (Å²) in [5.74, 6) is 0. The number of hydrogen-bond donors (Lipinski definition) is 1. The van der Waals surface area contributed by atoms with Crippen LogP contribution in [-0.4, -0.2) is 48.6 Å². The summed E-state index contributed by atoms with van der Waals surface area (Å²) >= 11 is 0. The van der Waals surface area contributed by atoms with E-state index in [1.807, 2.05) is 37.0 Å². The minimum absolute atomic E-state index is 0.00282. The zero-order chi connectivity index (χ0) is 14.5. The van der Waals surface area contributed by atoms with Gasteiger partial charge in [0.2, 0.25) is 0 Å². The molecule has 1 saturated heterocycles. The third-order valence-electron chi connectivity index (χ3n) is 3.68. The molecular formula is C16H23N3O. The van der Waals surface area contributed by atoms with Crippen molar-refractivity contribution in [2.75, 3.05) is 38.0 Å². The molecule has 2 rings (SSSR count). The van der Waals surface area contributed by atoms with Crippen LogP contribution in [0.2, 0.25) is 0 Å². The summed E-state index contributed by atoms with van der Waals surface area (Å²) < 4.78 is 0. The van der Waals surface area contributed by atoms with Gasteiger partial charge in [0.25, 0.3) is 0 Å². The van der Waals surface area contributed by atoms with E-state index in [1.165, 1.54) is 0 Å². The zero-order valence-electron chi connectivity index (χ0n) is 12.4. The van der Waals surface area contributed by atoms with Crippen LogP contribution in [0.15, 0.2) is 30.9 Å². The van der Waals surface area contributed by atoms with Crippen LogP contribution < -0.4 is 5.32 Å². The molecule has 1 aromatic carbocycles. The first-order valence-corrected chi connectivity index (χ1v) is 7.06. The van der Waals surface area contributed by atoms with Crippen LogP contribution in [-0.2, 0) is 0 Å². The number of aryl methyl sites for hydroxylation is 2. The summed E-state index contributed by atoms with van der Waals surface area (Å²) in [4.78, 5) is 16.4. The van der Waals surface area contributed by atoms with E-state index in [0.717, 1.165) is 49.5 Å². The molecular weight excluding hydrogens is 250 g/mol. The first kappa shape index (κ1) is 14.6. The number of nitrogens with one attached hydrogen (secondary N) is 1. The van der Waals surface area contributed by atoms with Gasteiger partial charge in [0.15, 0.2) is 0 Å². The van der Waals surface area contributed by atoms with Gasteiger partial charge in [0.1, 0.15) is 0 Å². The van der Waals surface area contributed by atoms with Crippen LogP contribution in [0, 0.1) is 13.8 Å². The maximum absolute atomic E-state index is 12.3. The number of carbonyl (C=O) groups is 1. The number of hydrogen-bond acceptors (Lipinski definition) is 2. The highest BCUT2D eigenvalue weighted by atomic mass is 16.2. The van der Waals surface area contributed by atoms with Gasteiger partial charge in [-0.2, -0.15) is 0 Å². The van der Waals surface area contributed by atoms with Crippen LogP contribution in [0.5, 0.6) is 0 Å². The Labute approximate surface area is 121 Å². The Morgan fingerprint density at radius 1 is 1.30 bits per heavy atom. The molecule has 4 nitrogen and oxygen atoms in total. The van der Waals surface area contributed by atoms with E-state index < -0.39 is 0 Å². The van der Waals surface area contributed by atoms with E-state index in [0.29, 0.717) is 0 Å². The van der Waals surface area contributed by atoms with Crippen molar-refractivity contribution in [2.24, 2.45) is 0 Å². The highest BCUT2D eigenvalue weighted by molar-refractivity contribution is 5.90. The minimum atomic E-state index is -0.00282. The maximum Gasteiger partial charge on any atom is 0.321 e. The summed E-state index contributed by atoms with van der Waals surface area (Å²) in [5.41, 5.74) is 3.15. The third-order valence-corrected chi connectivity index (χ3v) is 3.68. The molecule has 1 fully saturated rings. The van der Waals surface area contributed by atoms with Gasteiger partial charge in [-0.05, 0) is 31.0 Å². The van der Waals surface area contributed by atoms with Crippen molar-refractivity contribution in [1.82, 2.24) is 9.80 Å². The predicted molar refractivity (Wildman–Crippen MR) is 83.1 cm³/mol. The molecule has 0 unspecified atom stereocenters. The van der Waals surface area contributed by atoms with Crippen LogP contribution in [0.25, 0.3) is 0 Å². The monoisotopic (exact) mass is 273 g/mol. The number of rotatable bonds is 3. The first-order chi connectivity index (χ1) is 9.60. The van der Waals surface area contributed by atoms with Gasteiger partial charge in [-0.3, -0.25) is 4.90 Å². The summed E-state index contributed by atoms with van der Waals surface area (Å²) in [6.45, 7) is 12.0. The van der Waals surface area contributed by atoms with E-state index in [9.17, 15) is 4.79 Å². The first-order valence-electron chi connectivity index (χ1n) is 7.06. The smallest absolute Gasteiger partial charge is 0.321 e. The molecule has 108 valence electrons. The molecule has 0 bridgehead atoms. The van der Waals surface area contributed by atoms with Gasteiger partial charge in [0, 0.05) is 38.4 Å². The Morgan fingerprint density at radius 3 is 2.65 bits per heavy atom. The maximum atomic E-state index is 12.3. The van der Waals surface area contributed by atoms with E-state index in [-0.39, 0.29) is 6.03 Å². The molecule has 1 aliphatic heterocycles. The lowest BCUT2D eigenvalue weighted by atomic mass is 10.1. The molecule has 2 amide bonds. The van der Waals surface area contributed by atoms with Crippen LogP contribution in [0.4, 0.5) is 10.5 Å². The van der Waals surface area contributed by atoms with Crippen LogP contribution in [0.1, 0.15) is 11.1 Å². The van der Waals surface area contributed by atoms with Crippen LogP contribution >= 0.6 is 0 Å². The average molecular weight is 273 g/mol. The van der Waals surface area contributed by atoms with Crippen molar-refractivity contribution in [3.05, 3.63) is 42.0 Å². The third kappa shape index (κ3) is 3.61. The second kappa shape index (κ2) is 6.57. The van der Waals surface area contributed by atoms with E-state index in [4.69, 9.17) is 0 Å². The summed E-state index contributed by atoms with van der Waals surface area (Å²) in [6.07, 6.45) is 1.91. The summed E-state index contributed by atoms with van der Waals surface area (Å²) in [6, 6.07) is 6.10. The van der Waals surface area contributed by atoms with Crippen molar-refractivity contribution in [2.45, 2.75) is 13.8 Å². The topological polar surface area (TPSA) is 35.6 Å². The van der Waals surface area contributed by atoms with E-state index >= 15 is 0 Å². The Balaban J connectivity index is 1.92. The lowest BCUT2D eigenvalue weighted by Gasteiger charge is -2.34. The average Bonchev–Trinajstić information content (AvgIpc) is 2.44. The fourth-order valence-corrected chi connectivity index (χ4v) is 2.38. The molecule has 0 saturated carbocycles. The van der Waals surface area contributed by atoms with Crippen LogP contribution in [0.3, 0.4) is 0 Å². The summed E-state index contributed by atoms with van der Waals surface area (Å²) in [5, 5.41) is 3.02. The molecule has 1 N–H and O–H groups in total. The normalized spacial score (nSPS) is 16.0. The van der Waals surface area contributed by atoms with Gasteiger partial charge in [-0.25, -0.2) is 4.79 Å². The van der Waals surface area contributed by atoms with Crippen molar-refractivity contribution in [3.63, 3.8) is 0 Å². The van der Waals surface area contributed by atoms with Crippen molar-refractivity contribution in [1.29, 1.82) is 0 Å². The SMILES string of the molecule is C=CCN1CCN(C(=O)Nc2cc(C)ccc2C)CC1. The molecule has 4 heteroatoms. The number of amides is 2. The number of urea groups is 1. The van der Waals surface area contributed by atoms with E-state index in [2.05, 4.69) is 22.9 Å². The molecule has 0 atom stereocenters. The highest BCUT2D eigenvalue weighted by Crippen LogP contribution is 2.17. The van der Waals surface area contributed by atoms with Gasteiger partial charge >= 0.3 is 6.03 Å². The second-order valence-electron chi connectivity index (χ2n) is 5.32. The lowest BCUT2D eigenvalue weighted by molar-refractivity contribution is 0.156. The van der Waals surface area contributed by atoms with Crippen molar-refractivity contribution >= 4 is 11.7 Å². The Hall–Kier alpha value is -1.81. The highest BCUT2D eigenvalue weighted by Gasteiger charge is 2.20. The van der Waals surface area contributed by atoms with Crippen molar-refractivity contribution in [3.8, 4) is 0 Å². The van der Waals surface area contributed by atoms with Gasteiger partial charge in [-0.15, -0.1) is 6.58 Å².